The summed E-state index contributed by atoms with van der Waals surface area (Å²) in [5.74, 6) is 0.191. The quantitative estimate of drug-likeness (QED) is 0.899. The van der Waals surface area contributed by atoms with E-state index in [9.17, 15) is 4.79 Å². The molecule has 2 aliphatic heterocycles. The second kappa shape index (κ2) is 5.62. The van der Waals surface area contributed by atoms with E-state index in [2.05, 4.69) is 5.32 Å². The van der Waals surface area contributed by atoms with Crippen molar-refractivity contribution in [1.29, 1.82) is 0 Å². The maximum atomic E-state index is 11.1. The van der Waals surface area contributed by atoms with Crippen LogP contribution in [-0.4, -0.2) is 29.8 Å². The molecule has 20 heavy (non-hydrogen) atoms. The highest BCUT2D eigenvalue weighted by molar-refractivity contribution is 6.30. The summed E-state index contributed by atoms with van der Waals surface area (Å²) in [4.78, 5) is 11.1. The summed E-state index contributed by atoms with van der Waals surface area (Å²) >= 11 is 6.16. The van der Waals surface area contributed by atoms with Crippen LogP contribution in [0.3, 0.4) is 0 Å². The fraction of sp³-hybridized carbons (Fsp3) is 0.533. The maximum absolute atomic E-state index is 11.1. The number of benzene rings is 1. The van der Waals surface area contributed by atoms with Crippen LogP contribution in [0.1, 0.15) is 30.4 Å². The number of rotatable bonds is 3. The van der Waals surface area contributed by atoms with Gasteiger partial charge in [0.25, 0.3) is 0 Å². The van der Waals surface area contributed by atoms with Crippen LogP contribution in [0.2, 0.25) is 5.02 Å². The minimum absolute atomic E-state index is 0.177. The Morgan fingerprint density at radius 3 is 3.10 bits per heavy atom. The number of piperidine rings is 1. The highest BCUT2D eigenvalue weighted by Gasteiger charge is 2.27. The van der Waals surface area contributed by atoms with E-state index in [1.54, 1.807) is 0 Å². The normalized spacial score (nSPS) is 25.1. The number of carbonyl (C=O) groups is 1. The van der Waals surface area contributed by atoms with Gasteiger partial charge in [0.15, 0.2) is 0 Å². The summed E-state index contributed by atoms with van der Waals surface area (Å²) in [5, 5.41) is 13.1. The van der Waals surface area contributed by atoms with Crippen LogP contribution in [0.4, 0.5) is 0 Å². The molecule has 5 heteroatoms. The van der Waals surface area contributed by atoms with Crippen molar-refractivity contribution in [1.82, 2.24) is 5.32 Å². The zero-order valence-electron chi connectivity index (χ0n) is 11.2. The van der Waals surface area contributed by atoms with Crippen molar-refractivity contribution in [2.45, 2.75) is 44.2 Å². The topological polar surface area (TPSA) is 58.6 Å². The number of aliphatic carboxylic acids is 1. The highest BCUT2D eigenvalue weighted by atomic mass is 35.5. The fourth-order valence-electron chi connectivity index (χ4n) is 3.14. The highest BCUT2D eigenvalue weighted by Crippen LogP contribution is 2.34. The molecule has 3 rings (SSSR count). The summed E-state index contributed by atoms with van der Waals surface area (Å²) in [6.45, 7) is 0.707. The van der Waals surface area contributed by atoms with E-state index in [1.165, 1.54) is 0 Å². The molecule has 2 unspecified atom stereocenters. The lowest BCUT2D eigenvalue weighted by Crippen LogP contribution is -2.47. The number of halogens is 1. The molecule has 1 fully saturated rings. The van der Waals surface area contributed by atoms with Gasteiger partial charge in [-0.2, -0.15) is 0 Å². The Labute approximate surface area is 123 Å². The van der Waals surface area contributed by atoms with Gasteiger partial charge in [0.1, 0.15) is 11.8 Å². The third kappa shape index (κ3) is 2.76. The van der Waals surface area contributed by atoms with Crippen LogP contribution in [0.15, 0.2) is 12.1 Å². The van der Waals surface area contributed by atoms with Crippen molar-refractivity contribution in [2.75, 3.05) is 6.61 Å². The lowest BCUT2D eigenvalue weighted by molar-refractivity contribution is -0.140. The molecule has 0 spiro atoms. The number of hydrogen-bond donors (Lipinski definition) is 2. The standard InChI is InChI=1S/C15H18ClNO3/c16-11-6-9-4-5-20-14(9)10(7-11)8-12-2-1-3-13(17-12)15(18)19/h6-7,12-13,17H,1-5,8H2,(H,18,19). The van der Waals surface area contributed by atoms with Crippen LogP contribution in [-0.2, 0) is 17.6 Å². The molecule has 0 aliphatic carbocycles. The van der Waals surface area contributed by atoms with E-state index >= 15 is 0 Å². The van der Waals surface area contributed by atoms with Crippen molar-refractivity contribution < 1.29 is 14.6 Å². The van der Waals surface area contributed by atoms with E-state index in [1.807, 2.05) is 12.1 Å². The summed E-state index contributed by atoms with van der Waals surface area (Å²) in [6, 6.07) is 3.65. The number of carboxylic acid groups (broad SMARTS) is 1. The Kier molecular flexibility index (Phi) is 3.85. The van der Waals surface area contributed by atoms with Gasteiger partial charge >= 0.3 is 5.97 Å². The molecule has 0 bridgehead atoms. The van der Waals surface area contributed by atoms with Gasteiger partial charge in [-0.05, 0) is 48.9 Å². The third-order valence-electron chi connectivity index (χ3n) is 4.07. The van der Waals surface area contributed by atoms with E-state index < -0.39 is 12.0 Å². The van der Waals surface area contributed by atoms with Crippen LogP contribution in [0.5, 0.6) is 5.75 Å². The lowest BCUT2D eigenvalue weighted by atomic mass is 9.93. The summed E-state index contributed by atoms with van der Waals surface area (Å²) in [6.07, 6.45) is 4.31. The number of ether oxygens (including phenoxy) is 1. The van der Waals surface area contributed by atoms with Crippen LogP contribution in [0, 0.1) is 0 Å². The van der Waals surface area contributed by atoms with Gasteiger partial charge in [0.05, 0.1) is 6.61 Å². The predicted molar refractivity (Wildman–Crippen MR) is 76.6 cm³/mol. The first-order valence-corrected chi connectivity index (χ1v) is 7.44. The fourth-order valence-corrected chi connectivity index (χ4v) is 3.40. The van der Waals surface area contributed by atoms with Gasteiger partial charge in [-0.15, -0.1) is 0 Å². The Bertz CT molecular complexity index is 532. The summed E-state index contributed by atoms with van der Waals surface area (Å²) < 4.78 is 5.70. The smallest absolute Gasteiger partial charge is 0.320 e. The molecule has 2 N–H and O–H groups in total. The average Bonchev–Trinajstić information content (AvgIpc) is 2.87. The molecular weight excluding hydrogens is 278 g/mol. The van der Waals surface area contributed by atoms with Crippen molar-refractivity contribution in [3.8, 4) is 5.75 Å². The minimum atomic E-state index is -0.762. The van der Waals surface area contributed by atoms with E-state index in [-0.39, 0.29) is 6.04 Å². The lowest BCUT2D eigenvalue weighted by Gasteiger charge is -2.29. The van der Waals surface area contributed by atoms with Crippen LogP contribution >= 0.6 is 11.6 Å². The number of hydrogen-bond acceptors (Lipinski definition) is 3. The summed E-state index contributed by atoms with van der Waals surface area (Å²) in [5.41, 5.74) is 2.26. The average molecular weight is 296 g/mol. The Morgan fingerprint density at radius 2 is 2.30 bits per heavy atom. The van der Waals surface area contributed by atoms with Gasteiger partial charge in [-0.3, -0.25) is 4.79 Å². The molecule has 2 aliphatic rings. The van der Waals surface area contributed by atoms with Crippen molar-refractivity contribution >= 4 is 17.6 Å². The summed E-state index contributed by atoms with van der Waals surface area (Å²) in [7, 11) is 0. The van der Waals surface area contributed by atoms with Gasteiger partial charge in [-0.1, -0.05) is 11.6 Å². The minimum Gasteiger partial charge on any atom is -0.493 e. The number of fused-ring (bicyclic) bond motifs is 1. The molecule has 0 saturated carbocycles. The van der Waals surface area contributed by atoms with Crippen LogP contribution in [0.25, 0.3) is 0 Å². The second-order valence-electron chi connectivity index (χ2n) is 5.54. The SMILES string of the molecule is O=C(O)C1CCCC(Cc2cc(Cl)cc3c2OCC3)N1. The first-order chi connectivity index (χ1) is 9.63. The van der Waals surface area contributed by atoms with Gasteiger partial charge in [0.2, 0.25) is 0 Å². The zero-order valence-corrected chi connectivity index (χ0v) is 11.9. The third-order valence-corrected chi connectivity index (χ3v) is 4.29. The molecule has 0 amide bonds. The van der Waals surface area contributed by atoms with Gasteiger partial charge in [-0.25, -0.2) is 0 Å². The molecular formula is C15H18ClNO3. The van der Waals surface area contributed by atoms with Crippen molar-refractivity contribution in [3.63, 3.8) is 0 Å². The van der Waals surface area contributed by atoms with Crippen LogP contribution < -0.4 is 10.1 Å². The van der Waals surface area contributed by atoms with E-state index in [4.69, 9.17) is 21.4 Å². The number of nitrogens with one attached hydrogen (secondary N) is 1. The molecule has 0 radical (unpaired) electrons. The van der Waals surface area contributed by atoms with E-state index in [0.29, 0.717) is 13.0 Å². The molecule has 1 aromatic rings. The number of carboxylic acids is 1. The Balaban J connectivity index is 1.76. The first kappa shape index (κ1) is 13.7. The molecule has 2 atom stereocenters. The largest absolute Gasteiger partial charge is 0.493 e. The second-order valence-corrected chi connectivity index (χ2v) is 5.98. The maximum Gasteiger partial charge on any atom is 0.320 e. The molecule has 1 aromatic carbocycles. The molecule has 108 valence electrons. The molecule has 4 nitrogen and oxygen atoms in total. The van der Waals surface area contributed by atoms with E-state index in [0.717, 1.165) is 47.6 Å². The zero-order chi connectivity index (χ0) is 14.1. The molecule has 1 saturated heterocycles. The predicted octanol–water partition coefficient (Wildman–Crippen LogP) is 2.41. The van der Waals surface area contributed by atoms with Gasteiger partial charge < -0.3 is 15.2 Å². The monoisotopic (exact) mass is 295 g/mol. The van der Waals surface area contributed by atoms with Crippen molar-refractivity contribution in [2.24, 2.45) is 0 Å². The molecule has 0 aromatic heterocycles. The Hall–Kier alpha value is -1.26. The van der Waals surface area contributed by atoms with Crippen molar-refractivity contribution in [3.05, 3.63) is 28.3 Å². The van der Waals surface area contributed by atoms with Gasteiger partial charge in [0, 0.05) is 17.5 Å². The Morgan fingerprint density at radius 1 is 1.45 bits per heavy atom. The molecule has 2 heterocycles. The first-order valence-electron chi connectivity index (χ1n) is 7.06.